The molecule has 4 heteroatoms. The molecule has 4 rings (SSSR count). The minimum atomic E-state index is 0.687. The summed E-state index contributed by atoms with van der Waals surface area (Å²) >= 11 is 7.71. The van der Waals surface area contributed by atoms with Crippen molar-refractivity contribution in [2.75, 3.05) is 0 Å². The predicted molar refractivity (Wildman–Crippen MR) is 78.1 cm³/mol. The number of ether oxygens (including phenoxy) is 1. The number of halogens is 1. The largest absolute Gasteiger partial charge is 0.456 e. The zero-order valence-electron chi connectivity index (χ0n) is 9.76. The Labute approximate surface area is 119 Å². The molecule has 0 aliphatic carbocycles. The van der Waals surface area contributed by atoms with Gasteiger partial charge >= 0.3 is 0 Å². The molecule has 1 aliphatic heterocycles. The number of aromatic nitrogens is 1. The van der Waals surface area contributed by atoms with Gasteiger partial charge in [-0.2, -0.15) is 0 Å². The van der Waals surface area contributed by atoms with Crippen molar-refractivity contribution in [1.29, 1.82) is 0 Å². The molecule has 0 fully saturated rings. The van der Waals surface area contributed by atoms with Gasteiger partial charge in [-0.05, 0) is 30.3 Å². The van der Waals surface area contributed by atoms with Crippen LogP contribution < -0.4 is 4.74 Å². The molecule has 19 heavy (non-hydrogen) atoms. The van der Waals surface area contributed by atoms with Crippen molar-refractivity contribution in [3.8, 4) is 33.2 Å². The van der Waals surface area contributed by atoms with Crippen LogP contribution in [-0.2, 0) is 0 Å². The van der Waals surface area contributed by atoms with Gasteiger partial charge in [0.2, 0.25) is 0 Å². The summed E-state index contributed by atoms with van der Waals surface area (Å²) in [5.41, 5.74) is 4.82. The molecule has 0 bridgehead atoms. The van der Waals surface area contributed by atoms with E-state index in [0.29, 0.717) is 5.02 Å². The van der Waals surface area contributed by atoms with Crippen LogP contribution in [0.1, 0.15) is 0 Å². The Bertz CT molecular complexity index is 781. The van der Waals surface area contributed by atoms with Crippen LogP contribution in [0.3, 0.4) is 0 Å². The highest BCUT2D eigenvalue weighted by Crippen LogP contribution is 2.48. The first-order valence-electron chi connectivity index (χ1n) is 5.83. The van der Waals surface area contributed by atoms with Gasteiger partial charge in [-0.1, -0.05) is 23.7 Å². The highest BCUT2D eigenvalue weighted by molar-refractivity contribution is 7.13. The lowest BCUT2D eigenvalue weighted by atomic mass is 10.1. The Morgan fingerprint density at radius 2 is 1.84 bits per heavy atom. The third-order valence-corrected chi connectivity index (χ3v) is 4.21. The van der Waals surface area contributed by atoms with E-state index in [9.17, 15) is 0 Å². The van der Waals surface area contributed by atoms with E-state index in [1.54, 1.807) is 11.3 Å². The normalized spacial score (nSPS) is 11.8. The van der Waals surface area contributed by atoms with Gasteiger partial charge in [0, 0.05) is 16.1 Å². The number of fused-ring (bicyclic) bond motifs is 5. The smallest absolute Gasteiger partial charge is 0.137 e. The van der Waals surface area contributed by atoms with Crippen LogP contribution in [0.5, 0.6) is 11.5 Å². The van der Waals surface area contributed by atoms with Gasteiger partial charge in [-0.25, -0.2) is 4.98 Å². The fourth-order valence-electron chi connectivity index (χ4n) is 2.27. The van der Waals surface area contributed by atoms with Crippen molar-refractivity contribution in [3.63, 3.8) is 0 Å². The number of thiazole rings is 1. The minimum Gasteiger partial charge on any atom is -0.456 e. The van der Waals surface area contributed by atoms with Crippen molar-refractivity contribution in [2.45, 2.75) is 0 Å². The zero-order valence-corrected chi connectivity index (χ0v) is 11.3. The quantitative estimate of drug-likeness (QED) is 0.441. The summed E-state index contributed by atoms with van der Waals surface area (Å²) in [6, 6.07) is 13.6. The van der Waals surface area contributed by atoms with E-state index in [1.807, 2.05) is 41.9 Å². The Morgan fingerprint density at radius 1 is 1.00 bits per heavy atom. The van der Waals surface area contributed by atoms with Crippen molar-refractivity contribution in [3.05, 3.63) is 53.0 Å². The van der Waals surface area contributed by atoms with Crippen LogP contribution >= 0.6 is 22.9 Å². The summed E-state index contributed by atoms with van der Waals surface area (Å²) in [4.78, 5) is 5.60. The second-order valence-electron chi connectivity index (χ2n) is 4.27. The van der Waals surface area contributed by atoms with Crippen LogP contribution in [0.2, 0.25) is 5.02 Å². The topological polar surface area (TPSA) is 22.1 Å². The molecule has 2 aromatic carbocycles. The second kappa shape index (κ2) is 4.08. The highest BCUT2D eigenvalue weighted by atomic mass is 35.5. The Kier molecular flexibility index (Phi) is 2.37. The third-order valence-electron chi connectivity index (χ3n) is 3.12. The molecule has 0 amide bonds. The summed E-state index contributed by atoms with van der Waals surface area (Å²) in [6.45, 7) is 0. The van der Waals surface area contributed by atoms with Crippen molar-refractivity contribution in [2.24, 2.45) is 0 Å². The van der Waals surface area contributed by atoms with Crippen LogP contribution in [0.15, 0.2) is 48.0 Å². The van der Waals surface area contributed by atoms with Gasteiger partial charge in [0.05, 0.1) is 16.1 Å². The van der Waals surface area contributed by atoms with Crippen molar-refractivity contribution in [1.82, 2.24) is 4.98 Å². The Hall–Kier alpha value is -1.84. The SMILES string of the molecule is Clc1ccc2c(c1)-c1ncsc1-c1ccccc1O2. The Morgan fingerprint density at radius 3 is 2.79 bits per heavy atom. The average Bonchev–Trinajstić information content (AvgIpc) is 2.86. The molecule has 0 atom stereocenters. The molecule has 0 unspecified atom stereocenters. The van der Waals surface area contributed by atoms with E-state index in [-0.39, 0.29) is 0 Å². The lowest BCUT2D eigenvalue weighted by Gasteiger charge is -2.08. The second-order valence-corrected chi connectivity index (χ2v) is 5.56. The van der Waals surface area contributed by atoms with Gasteiger partial charge in [0.1, 0.15) is 11.5 Å². The molecule has 0 saturated heterocycles. The van der Waals surface area contributed by atoms with Crippen molar-refractivity contribution < 1.29 is 4.74 Å². The number of nitrogens with zero attached hydrogens (tertiary/aromatic N) is 1. The van der Waals surface area contributed by atoms with Crippen LogP contribution in [0, 0.1) is 0 Å². The molecule has 3 aromatic rings. The molecular formula is C15H8ClNOS. The van der Waals surface area contributed by atoms with Gasteiger partial charge in [0.25, 0.3) is 0 Å². The standard InChI is InChI=1S/C15H8ClNOS/c16-9-5-6-13-11(7-9)14-15(19-8-17-14)10-3-1-2-4-12(10)18-13/h1-8H. The van der Waals surface area contributed by atoms with Gasteiger partial charge in [-0.15, -0.1) is 11.3 Å². The van der Waals surface area contributed by atoms with Gasteiger partial charge in [-0.3, -0.25) is 0 Å². The summed E-state index contributed by atoms with van der Waals surface area (Å²) in [5.74, 6) is 1.65. The van der Waals surface area contributed by atoms with E-state index in [2.05, 4.69) is 11.1 Å². The first-order valence-corrected chi connectivity index (χ1v) is 7.09. The summed E-state index contributed by atoms with van der Waals surface area (Å²) in [7, 11) is 0. The molecule has 1 aromatic heterocycles. The molecule has 0 radical (unpaired) electrons. The monoisotopic (exact) mass is 285 g/mol. The Balaban J connectivity index is 2.10. The van der Waals surface area contributed by atoms with Crippen LogP contribution in [-0.4, -0.2) is 4.98 Å². The number of benzene rings is 2. The van der Waals surface area contributed by atoms with Crippen LogP contribution in [0.25, 0.3) is 21.7 Å². The fraction of sp³-hybridized carbons (Fsp3) is 0. The van der Waals surface area contributed by atoms with Crippen molar-refractivity contribution >= 4 is 22.9 Å². The van der Waals surface area contributed by atoms with E-state index < -0.39 is 0 Å². The number of hydrogen-bond donors (Lipinski definition) is 0. The first-order chi connectivity index (χ1) is 9.33. The number of rotatable bonds is 0. The van der Waals surface area contributed by atoms with E-state index in [0.717, 1.165) is 33.2 Å². The molecule has 2 heterocycles. The van der Waals surface area contributed by atoms with Gasteiger partial charge < -0.3 is 4.74 Å². The van der Waals surface area contributed by atoms with Crippen LogP contribution in [0.4, 0.5) is 0 Å². The molecule has 0 N–H and O–H groups in total. The maximum atomic E-state index is 6.09. The summed E-state index contributed by atoms with van der Waals surface area (Å²) in [5, 5.41) is 0.687. The molecule has 0 spiro atoms. The van der Waals surface area contributed by atoms with E-state index in [1.165, 1.54) is 0 Å². The summed E-state index contributed by atoms with van der Waals surface area (Å²) in [6.07, 6.45) is 0. The van der Waals surface area contributed by atoms with E-state index >= 15 is 0 Å². The average molecular weight is 286 g/mol. The molecule has 92 valence electrons. The third kappa shape index (κ3) is 1.66. The highest BCUT2D eigenvalue weighted by Gasteiger charge is 2.22. The number of hydrogen-bond acceptors (Lipinski definition) is 3. The predicted octanol–water partition coefficient (Wildman–Crippen LogP) is 5.24. The summed E-state index contributed by atoms with van der Waals surface area (Å²) < 4.78 is 6.01. The molecule has 0 saturated carbocycles. The molecule has 2 nitrogen and oxygen atoms in total. The maximum absolute atomic E-state index is 6.09. The molecule has 1 aliphatic rings. The zero-order chi connectivity index (χ0) is 12.8. The lowest BCUT2D eigenvalue weighted by molar-refractivity contribution is 0.487. The fourth-order valence-corrected chi connectivity index (χ4v) is 3.27. The van der Waals surface area contributed by atoms with E-state index in [4.69, 9.17) is 16.3 Å². The molecular weight excluding hydrogens is 278 g/mol. The maximum Gasteiger partial charge on any atom is 0.137 e. The number of para-hydroxylation sites is 1. The van der Waals surface area contributed by atoms with Gasteiger partial charge in [0.15, 0.2) is 0 Å². The first kappa shape index (κ1) is 11.0. The minimum absolute atomic E-state index is 0.687. The lowest BCUT2D eigenvalue weighted by Crippen LogP contribution is -1.86.